The average molecular weight is 209 g/mol. The second-order valence-electron chi connectivity index (χ2n) is 5.24. The molecule has 0 saturated heterocycles. The van der Waals surface area contributed by atoms with Gasteiger partial charge in [-0.3, -0.25) is 0 Å². The summed E-state index contributed by atoms with van der Waals surface area (Å²) in [6, 6.07) is 1.70. The van der Waals surface area contributed by atoms with Crippen molar-refractivity contribution in [1.29, 1.82) is 0 Å². The Kier molecular flexibility index (Phi) is 1.79. The summed E-state index contributed by atoms with van der Waals surface area (Å²) >= 11 is 0. The molecule has 84 valence electrons. The lowest BCUT2D eigenvalue weighted by Crippen LogP contribution is -2.11. The van der Waals surface area contributed by atoms with E-state index in [-0.39, 0.29) is 5.56 Å². The molecule has 0 heterocycles. The third-order valence-corrected chi connectivity index (χ3v) is 2.67. The second-order valence-corrected chi connectivity index (χ2v) is 5.24. The molecule has 0 N–H and O–H groups in total. The lowest BCUT2D eigenvalue weighted by Gasteiger charge is -2.22. The Morgan fingerprint density at radius 2 is 1.73 bits per heavy atom. The summed E-state index contributed by atoms with van der Waals surface area (Å²) in [5.41, 5.74) is 2.31. The smallest absolute Gasteiger partial charge is 0.0321 e. The fourth-order valence-corrected chi connectivity index (χ4v) is 1.58. The third kappa shape index (κ3) is 2.84. The minimum absolute atomic E-state index is 0.167. The zero-order valence-electron chi connectivity index (χ0n) is 15.6. The number of rotatable bonds is 1. The van der Waals surface area contributed by atoms with Crippen LogP contribution >= 0.6 is 0 Å². The van der Waals surface area contributed by atoms with Crippen LogP contribution in [-0.2, 0) is 6.37 Å². The normalized spacial score (nSPS) is 18.7. The van der Waals surface area contributed by atoms with E-state index in [2.05, 4.69) is 0 Å². The van der Waals surface area contributed by atoms with Gasteiger partial charge in [0.1, 0.15) is 0 Å². The Morgan fingerprint density at radius 1 is 1.13 bits per heavy atom. The number of hydrogen-bond acceptors (Lipinski definition) is 0. The molecule has 0 fully saturated rings. The van der Waals surface area contributed by atoms with Crippen molar-refractivity contribution in [2.45, 2.75) is 54.8 Å². The molecule has 0 spiro atoms. The van der Waals surface area contributed by atoms with Crippen LogP contribution in [0.15, 0.2) is 6.07 Å². The minimum Gasteiger partial charge on any atom is -0.0599 e. The van der Waals surface area contributed by atoms with Gasteiger partial charge in [-0.2, -0.15) is 0 Å². The molecule has 0 bridgehead atoms. The van der Waals surface area contributed by atoms with Gasteiger partial charge in [0.25, 0.3) is 0 Å². The first-order valence-corrected chi connectivity index (χ1v) is 5.33. The van der Waals surface area contributed by atoms with Gasteiger partial charge in [-0.15, -0.1) is 0 Å². The van der Waals surface area contributed by atoms with Crippen molar-refractivity contribution in [2.24, 2.45) is 5.41 Å². The largest absolute Gasteiger partial charge is 0.0599 e. The van der Waals surface area contributed by atoms with Crippen molar-refractivity contribution < 1.29 is 6.85 Å². The van der Waals surface area contributed by atoms with Gasteiger partial charge in [0.15, 0.2) is 0 Å². The molecule has 0 amide bonds. The molecule has 0 aliphatic heterocycles. The second kappa shape index (κ2) is 4.00. The molecular formula is C15H24. The summed E-state index contributed by atoms with van der Waals surface area (Å²) in [7, 11) is 0. The minimum atomic E-state index is -2.31. The number of benzene rings is 1. The predicted molar refractivity (Wildman–Crippen MR) is 68.5 cm³/mol. The van der Waals surface area contributed by atoms with E-state index in [1.165, 1.54) is 0 Å². The van der Waals surface area contributed by atoms with Crippen molar-refractivity contribution >= 4 is 0 Å². The van der Waals surface area contributed by atoms with Crippen LogP contribution in [0.25, 0.3) is 0 Å². The molecule has 0 radical (unpaired) electrons. The highest BCUT2D eigenvalue weighted by Crippen LogP contribution is 2.27. The maximum absolute atomic E-state index is 8.42. The molecule has 0 saturated carbocycles. The van der Waals surface area contributed by atoms with E-state index in [0.29, 0.717) is 11.1 Å². The number of hydrogen-bond donors (Lipinski definition) is 0. The van der Waals surface area contributed by atoms with Gasteiger partial charge in [0.05, 0.1) is 0 Å². The molecule has 1 rings (SSSR count). The van der Waals surface area contributed by atoms with Gasteiger partial charge < -0.3 is 0 Å². The van der Waals surface area contributed by atoms with Gasteiger partial charge in [0.2, 0.25) is 0 Å². The standard InChI is InChI=1S/C15H24/c1-10-8-14(9-15(5,6)7)13(4)12(3)11(10)2/h8H,9H2,1-7H3/i4D3,9D2. The molecular weight excluding hydrogens is 180 g/mol. The van der Waals surface area contributed by atoms with E-state index in [9.17, 15) is 0 Å². The van der Waals surface area contributed by atoms with Gasteiger partial charge >= 0.3 is 0 Å². The maximum atomic E-state index is 8.42. The molecule has 0 aliphatic rings. The Bertz CT molecular complexity index is 519. The first-order chi connectivity index (χ1) is 8.71. The van der Waals surface area contributed by atoms with Crippen LogP contribution < -0.4 is 0 Å². The van der Waals surface area contributed by atoms with Gasteiger partial charge in [-0.1, -0.05) is 26.8 Å². The lowest BCUT2D eigenvalue weighted by atomic mass is 9.83. The average Bonchev–Trinajstić information content (AvgIpc) is 2.21. The van der Waals surface area contributed by atoms with Gasteiger partial charge in [0, 0.05) is 6.85 Å². The van der Waals surface area contributed by atoms with E-state index in [1.807, 2.05) is 13.8 Å². The summed E-state index contributed by atoms with van der Waals surface area (Å²) in [6.45, 7) is 8.62. The Balaban J connectivity index is 3.80. The summed E-state index contributed by atoms with van der Waals surface area (Å²) in [6.07, 6.45) is -1.71. The SMILES string of the molecule is [2H]C([2H])([2H])c1c(C([2H])([2H])C(C)(C)C)cc(C)c(C)c1C. The topological polar surface area (TPSA) is 0 Å². The van der Waals surface area contributed by atoms with Crippen molar-refractivity contribution in [2.75, 3.05) is 0 Å². The van der Waals surface area contributed by atoms with Crippen LogP contribution in [0.2, 0.25) is 0 Å². The van der Waals surface area contributed by atoms with Crippen molar-refractivity contribution in [3.8, 4) is 0 Å². The monoisotopic (exact) mass is 209 g/mol. The molecule has 0 unspecified atom stereocenters. The first kappa shape index (κ1) is 6.73. The Labute approximate surface area is 102 Å². The van der Waals surface area contributed by atoms with E-state index in [4.69, 9.17) is 6.85 Å². The van der Waals surface area contributed by atoms with E-state index in [0.717, 1.165) is 11.1 Å². The maximum Gasteiger partial charge on any atom is 0.0321 e. The summed E-state index contributed by atoms with van der Waals surface area (Å²) in [5.74, 6) is 0. The van der Waals surface area contributed by atoms with Crippen LogP contribution in [-0.4, -0.2) is 0 Å². The fraction of sp³-hybridized carbons (Fsp3) is 0.600. The Morgan fingerprint density at radius 3 is 2.20 bits per heavy atom. The summed E-state index contributed by atoms with van der Waals surface area (Å²) < 4.78 is 40.2. The van der Waals surface area contributed by atoms with Gasteiger partial charge in [-0.25, -0.2) is 0 Å². The summed E-state index contributed by atoms with van der Waals surface area (Å²) in [4.78, 5) is 0. The van der Waals surface area contributed by atoms with E-state index < -0.39 is 18.6 Å². The van der Waals surface area contributed by atoms with E-state index in [1.54, 1.807) is 33.8 Å². The van der Waals surface area contributed by atoms with Gasteiger partial charge in [-0.05, 0) is 67.2 Å². The van der Waals surface area contributed by atoms with Crippen molar-refractivity contribution in [1.82, 2.24) is 0 Å². The molecule has 15 heavy (non-hydrogen) atoms. The van der Waals surface area contributed by atoms with Crippen LogP contribution in [0, 0.1) is 33.0 Å². The quantitative estimate of drug-likeness (QED) is 0.638. The van der Waals surface area contributed by atoms with Crippen LogP contribution in [0.3, 0.4) is 0 Å². The van der Waals surface area contributed by atoms with Crippen LogP contribution in [0.1, 0.15) is 55.4 Å². The highest BCUT2D eigenvalue weighted by atomic mass is 14.2. The molecule has 0 heteroatoms. The fourth-order valence-electron chi connectivity index (χ4n) is 1.58. The number of aryl methyl sites for hydroxylation is 1. The molecule has 0 nitrogen and oxygen atoms in total. The predicted octanol–water partition coefficient (Wildman–Crippen LogP) is 4.51. The summed E-state index contributed by atoms with van der Waals surface area (Å²) in [5, 5.41) is 0. The first-order valence-electron chi connectivity index (χ1n) is 7.83. The van der Waals surface area contributed by atoms with Crippen molar-refractivity contribution in [3.63, 3.8) is 0 Å². The van der Waals surface area contributed by atoms with E-state index >= 15 is 0 Å². The zero-order chi connectivity index (χ0) is 16.1. The molecule has 0 aliphatic carbocycles. The molecule has 1 aromatic rings. The molecule has 1 aromatic carbocycles. The van der Waals surface area contributed by atoms with Crippen LogP contribution in [0.4, 0.5) is 0 Å². The van der Waals surface area contributed by atoms with Crippen molar-refractivity contribution in [3.05, 3.63) is 33.9 Å². The highest BCUT2D eigenvalue weighted by molar-refractivity contribution is 5.43. The molecule has 0 aromatic heterocycles. The third-order valence-electron chi connectivity index (χ3n) is 2.67. The Hall–Kier alpha value is -0.780. The van der Waals surface area contributed by atoms with Crippen LogP contribution in [0.5, 0.6) is 0 Å². The lowest BCUT2D eigenvalue weighted by molar-refractivity contribution is 0.410. The zero-order valence-corrected chi connectivity index (χ0v) is 10.6. The highest BCUT2D eigenvalue weighted by Gasteiger charge is 2.15. The molecule has 0 atom stereocenters.